The van der Waals surface area contributed by atoms with Crippen LogP contribution in [0.25, 0.3) is 0 Å². The second-order valence-corrected chi connectivity index (χ2v) is 5.24. The molecule has 0 saturated carbocycles. The van der Waals surface area contributed by atoms with Crippen molar-refractivity contribution in [2.24, 2.45) is 0 Å². The Morgan fingerprint density at radius 3 is 2.40 bits per heavy atom. The third-order valence-electron chi connectivity index (χ3n) is 1.59. The van der Waals surface area contributed by atoms with E-state index in [9.17, 15) is 8.42 Å². The maximum absolute atomic E-state index is 10.9. The van der Waals surface area contributed by atoms with Crippen molar-refractivity contribution in [3.8, 4) is 0 Å². The van der Waals surface area contributed by atoms with E-state index in [1.165, 1.54) is 6.26 Å². The Morgan fingerprint density at radius 2 is 2.20 bits per heavy atom. The summed E-state index contributed by atoms with van der Waals surface area (Å²) in [5, 5.41) is -0.718. The van der Waals surface area contributed by atoms with Crippen LogP contribution in [0.1, 0.15) is 6.42 Å². The summed E-state index contributed by atoms with van der Waals surface area (Å²) in [6.07, 6.45) is 5.32. The van der Waals surface area contributed by atoms with Crippen LogP contribution in [0.3, 0.4) is 0 Å². The van der Waals surface area contributed by atoms with Gasteiger partial charge in [0.05, 0.1) is 10.6 Å². The molecule has 58 valence electrons. The summed E-state index contributed by atoms with van der Waals surface area (Å²) in [5.41, 5.74) is 0. The fraction of sp³-hybridized carbons (Fsp3) is 0.667. The average molecular weight is 181 g/mol. The summed E-state index contributed by atoms with van der Waals surface area (Å²) in [5.74, 6) is 0. The number of hydrogen-bond acceptors (Lipinski definition) is 2. The number of rotatable bonds is 1. The predicted molar refractivity (Wildman–Crippen MR) is 42.0 cm³/mol. The van der Waals surface area contributed by atoms with E-state index in [0.717, 1.165) is 0 Å². The van der Waals surface area contributed by atoms with Gasteiger partial charge < -0.3 is 0 Å². The molecule has 0 bridgehead atoms. The number of halogens is 1. The molecule has 1 rings (SSSR count). The minimum absolute atomic E-state index is 0.324. The zero-order valence-corrected chi connectivity index (χ0v) is 7.19. The van der Waals surface area contributed by atoms with Crippen molar-refractivity contribution in [2.75, 3.05) is 6.26 Å². The molecule has 0 fully saturated rings. The molecule has 1 aliphatic carbocycles. The molecule has 0 N–H and O–H groups in total. The van der Waals surface area contributed by atoms with E-state index in [1.807, 2.05) is 6.08 Å². The first kappa shape index (κ1) is 8.08. The van der Waals surface area contributed by atoms with Crippen LogP contribution < -0.4 is 0 Å². The third-order valence-corrected chi connectivity index (χ3v) is 3.78. The minimum atomic E-state index is -2.95. The molecule has 0 aromatic carbocycles. The normalized spacial score (nSPS) is 33.0. The van der Waals surface area contributed by atoms with Crippen LogP contribution in [0.2, 0.25) is 0 Å². The third kappa shape index (κ3) is 1.52. The van der Waals surface area contributed by atoms with E-state index in [2.05, 4.69) is 0 Å². The van der Waals surface area contributed by atoms with E-state index in [4.69, 9.17) is 11.6 Å². The lowest BCUT2D eigenvalue weighted by molar-refractivity contribution is 0.588. The van der Waals surface area contributed by atoms with Gasteiger partial charge in [-0.2, -0.15) is 0 Å². The lowest BCUT2D eigenvalue weighted by Gasteiger charge is -2.09. The summed E-state index contributed by atoms with van der Waals surface area (Å²) in [6.45, 7) is 0. The standard InChI is InChI=1S/C6H9ClO2S/c1-10(8,9)6-4-2-3-5(6)7/h2-3,5-6H,4H2,1H3/t5-,6-/m1/s1. The molecule has 0 spiro atoms. The average Bonchev–Trinajstić information content (AvgIpc) is 2.11. The molecular weight excluding hydrogens is 172 g/mol. The molecule has 0 radical (unpaired) electrons. The molecule has 0 heterocycles. The molecule has 10 heavy (non-hydrogen) atoms. The van der Waals surface area contributed by atoms with Crippen LogP contribution in [0.15, 0.2) is 12.2 Å². The first-order valence-corrected chi connectivity index (χ1v) is 5.40. The summed E-state index contributed by atoms with van der Waals surface area (Å²) in [6, 6.07) is 0. The first-order valence-electron chi connectivity index (χ1n) is 3.01. The van der Waals surface area contributed by atoms with E-state index in [-0.39, 0.29) is 5.38 Å². The van der Waals surface area contributed by atoms with Gasteiger partial charge in [-0.05, 0) is 6.42 Å². The molecule has 2 nitrogen and oxygen atoms in total. The molecule has 0 saturated heterocycles. The van der Waals surface area contributed by atoms with Gasteiger partial charge in [0.25, 0.3) is 0 Å². The maximum Gasteiger partial charge on any atom is 0.152 e. The van der Waals surface area contributed by atoms with Gasteiger partial charge in [-0.25, -0.2) is 8.42 Å². The van der Waals surface area contributed by atoms with Crippen molar-refractivity contribution < 1.29 is 8.42 Å². The number of alkyl halides is 1. The van der Waals surface area contributed by atoms with Crippen LogP contribution in [0, 0.1) is 0 Å². The smallest absolute Gasteiger partial charge is 0.152 e. The molecule has 0 aliphatic heterocycles. The highest BCUT2D eigenvalue weighted by molar-refractivity contribution is 7.91. The van der Waals surface area contributed by atoms with Gasteiger partial charge in [0.1, 0.15) is 0 Å². The predicted octanol–water partition coefficient (Wildman–Crippen LogP) is 0.967. The van der Waals surface area contributed by atoms with Gasteiger partial charge >= 0.3 is 0 Å². The number of sulfone groups is 1. The molecular formula is C6H9ClO2S. The molecule has 1 aliphatic rings. The Bertz CT molecular complexity index is 242. The van der Waals surface area contributed by atoms with Crippen LogP contribution >= 0.6 is 11.6 Å². The topological polar surface area (TPSA) is 34.1 Å². The summed E-state index contributed by atoms with van der Waals surface area (Å²) in [4.78, 5) is 0. The summed E-state index contributed by atoms with van der Waals surface area (Å²) >= 11 is 5.70. The molecule has 0 aromatic heterocycles. The fourth-order valence-corrected chi connectivity index (χ4v) is 2.80. The molecule has 0 amide bonds. The fourth-order valence-electron chi connectivity index (χ4n) is 1.01. The van der Waals surface area contributed by atoms with E-state index >= 15 is 0 Å². The molecule has 4 heteroatoms. The van der Waals surface area contributed by atoms with Crippen molar-refractivity contribution in [3.63, 3.8) is 0 Å². The lowest BCUT2D eigenvalue weighted by Crippen LogP contribution is -2.24. The zero-order chi connectivity index (χ0) is 7.78. The quantitative estimate of drug-likeness (QED) is 0.445. The van der Waals surface area contributed by atoms with Crippen LogP contribution in [0.5, 0.6) is 0 Å². The van der Waals surface area contributed by atoms with Crippen molar-refractivity contribution in [1.82, 2.24) is 0 Å². The van der Waals surface area contributed by atoms with Gasteiger partial charge in [0.15, 0.2) is 9.84 Å². The maximum atomic E-state index is 10.9. The van der Waals surface area contributed by atoms with Crippen molar-refractivity contribution in [1.29, 1.82) is 0 Å². The Labute approximate surface area is 65.8 Å². The minimum Gasteiger partial charge on any atom is -0.229 e. The first-order chi connectivity index (χ1) is 4.52. The second-order valence-electron chi connectivity index (χ2n) is 2.48. The van der Waals surface area contributed by atoms with E-state index in [1.54, 1.807) is 6.08 Å². The highest BCUT2D eigenvalue weighted by Crippen LogP contribution is 2.22. The Kier molecular flexibility index (Phi) is 2.06. The number of allylic oxidation sites excluding steroid dienone is 2. The second kappa shape index (κ2) is 2.55. The van der Waals surface area contributed by atoms with E-state index < -0.39 is 15.1 Å². The summed E-state index contributed by atoms with van der Waals surface area (Å²) < 4.78 is 21.8. The zero-order valence-electron chi connectivity index (χ0n) is 5.62. The van der Waals surface area contributed by atoms with Crippen LogP contribution in [0.4, 0.5) is 0 Å². The van der Waals surface area contributed by atoms with Crippen molar-refractivity contribution in [2.45, 2.75) is 17.0 Å². The summed E-state index contributed by atoms with van der Waals surface area (Å²) in [7, 11) is -2.95. The SMILES string of the molecule is CS(=O)(=O)[C@@H]1CC=C[C@H]1Cl. The van der Waals surface area contributed by atoms with Gasteiger partial charge in [-0.3, -0.25) is 0 Å². The largest absolute Gasteiger partial charge is 0.229 e. The van der Waals surface area contributed by atoms with Gasteiger partial charge in [-0.15, -0.1) is 11.6 Å². The molecule has 0 aromatic rings. The Hall–Kier alpha value is -0.0200. The van der Waals surface area contributed by atoms with E-state index in [0.29, 0.717) is 6.42 Å². The Balaban J connectivity index is 2.79. The lowest BCUT2D eigenvalue weighted by atomic mass is 10.3. The molecule has 2 atom stereocenters. The van der Waals surface area contributed by atoms with Crippen molar-refractivity contribution >= 4 is 21.4 Å². The van der Waals surface area contributed by atoms with Crippen LogP contribution in [-0.4, -0.2) is 25.3 Å². The molecule has 0 unspecified atom stereocenters. The highest BCUT2D eigenvalue weighted by atomic mass is 35.5. The monoisotopic (exact) mass is 180 g/mol. The van der Waals surface area contributed by atoms with Crippen molar-refractivity contribution in [3.05, 3.63) is 12.2 Å². The Morgan fingerprint density at radius 1 is 1.60 bits per heavy atom. The number of hydrogen-bond donors (Lipinski definition) is 0. The van der Waals surface area contributed by atoms with Crippen LogP contribution in [-0.2, 0) is 9.84 Å². The van der Waals surface area contributed by atoms with Gasteiger partial charge in [-0.1, -0.05) is 12.2 Å². The van der Waals surface area contributed by atoms with Gasteiger partial charge in [0, 0.05) is 6.26 Å². The highest BCUT2D eigenvalue weighted by Gasteiger charge is 2.29. The van der Waals surface area contributed by atoms with Gasteiger partial charge in [0.2, 0.25) is 0 Å².